The van der Waals surface area contributed by atoms with Gasteiger partial charge in [-0.15, -0.1) is 0 Å². The molecule has 2 unspecified atom stereocenters. The maximum absolute atomic E-state index is 13.1. The summed E-state index contributed by atoms with van der Waals surface area (Å²) in [5, 5.41) is 30.4. The first-order valence-electron chi connectivity index (χ1n) is 8.69. The lowest BCUT2D eigenvalue weighted by Gasteiger charge is -2.40. The minimum Gasteiger partial charge on any atom is -0.489 e. The first kappa shape index (κ1) is 19.8. The third-order valence-corrected chi connectivity index (χ3v) is 5.42. The van der Waals surface area contributed by atoms with E-state index in [2.05, 4.69) is 0 Å². The van der Waals surface area contributed by atoms with E-state index in [9.17, 15) is 19.7 Å². The molecule has 1 saturated carbocycles. The number of rotatable bonds is 5. The molecule has 1 aliphatic carbocycles. The van der Waals surface area contributed by atoms with Crippen LogP contribution in [0.25, 0.3) is 0 Å². The van der Waals surface area contributed by atoms with Gasteiger partial charge in [0.15, 0.2) is 0 Å². The summed E-state index contributed by atoms with van der Waals surface area (Å²) in [6.45, 7) is -0.973. The van der Waals surface area contributed by atoms with Crippen molar-refractivity contribution < 1.29 is 33.9 Å². The number of aliphatic hydroxyl groups excluding tert-OH is 3. The summed E-state index contributed by atoms with van der Waals surface area (Å²) in [7, 11) is 1.67. The number of alkyl halides is 1. The van der Waals surface area contributed by atoms with Gasteiger partial charge >= 0.3 is 0 Å². The highest BCUT2D eigenvalue weighted by Gasteiger charge is 2.44. The van der Waals surface area contributed by atoms with Crippen molar-refractivity contribution in [1.29, 1.82) is 0 Å². The average molecular weight is 391 g/mol. The fraction of sp³-hybridized carbons (Fsp3) is 0.667. The molecule has 0 radical (unpaired) electrons. The third-order valence-electron chi connectivity index (χ3n) is 5.11. The van der Waals surface area contributed by atoms with Crippen LogP contribution in [0.4, 0.5) is 4.39 Å². The average Bonchev–Trinajstić information content (AvgIpc) is 3.10. The normalized spacial score (nSPS) is 37.7. The fourth-order valence-corrected chi connectivity index (χ4v) is 3.70. The molecular formula is C18H24ClFO6. The predicted molar refractivity (Wildman–Crippen MR) is 92.1 cm³/mol. The van der Waals surface area contributed by atoms with Crippen LogP contribution in [0, 0.1) is 0 Å². The molecule has 6 nitrogen and oxygen atoms in total. The van der Waals surface area contributed by atoms with Gasteiger partial charge in [-0.3, -0.25) is 0 Å². The second kappa shape index (κ2) is 8.37. The molecule has 26 heavy (non-hydrogen) atoms. The summed E-state index contributed by atoms with van der Waals surface area (Å²) in [6, 6.07) is 4.85. The maximum Gasteiger partial charge on any atom is 0.138 e. The molecule has 1 aromatic rings. The van der Waals surface area contributed by atoms with Crippen LogP contribution in [0.1, 0.15) is 30.9 Å². The Bertz CT molecular complexity index is 615. The largest absolute Gasteiger partial charge is 0.489 e. The van der Waals surface area contributed by atoms with Crippen molar-refractivity contribution in [1.82, 2.24) is 0 Å². The van der Waals surface area contributed by atoms with E-state index in [0.29, 0.717) is 16.3 Å². The second-order valence-electron chi connectivity index (χ2n) is 6.82. The molecule has 1 aromatic carbocycles. The standard InChI is InChI=1S/C18H24ClFO6/c1-24-10-3-4-11(7-10)25-13-6-9(2-5-12(13)19)18-17(23)16(22)15(21)14(8-20)26-18/h2,5-6,10-11,14-18,21-23H,3-4,7-8H2,1H3/t10?,11?,14-,15-,16+,17-,18+/m1/s1. The van der Waals surface area contributed by atoms with E-state index in [1.165, 1.54) is 0 Å². The maximum atomic E-state index is 13.1. The number of hydrogen-bond acceptors (Lipinski definition) is 6. The van der Waals surface area contributed by atoms with Crippen LogP contribution in [0.3, 0.4) is 0 Å². The topological polar surface area (TPSA) is 88.4 Å². The Kier molecular flexibility index (Phi) is 6.37. The van der Waals surface area contributed by atoms with Gasteiger partial charge in [-0.25, -0.2) is 4.39 Å². The number of benzene rings is 1. The molecule has 0 bridgehead atoms. The Hall–Kier alpha value is -0.960. The molecule has 1 saturated heterocycles. The lowest BCUT2D eigenvalue weighted by molar-refractivity contribution is -0.227. The minimum absolute atomic E-state index is 0.0316. The summed E-state index contributed by atoms with van der Waals surface area (Å²) in [4.78, 5) is 0. The van der Waals surface area contributed by atoms with E-state index in [1.54, 1.807) is 25.3 Å². The highest BCUT2D eigenvalue weighted by Crippen LogP contribution is 2.37. The van der Waals surface area contributed by atoms with Crippen molar-refractivity contribution in [2.75, 3.05) is 13.8 Å². The Balaban J connectivity index is 1.78. The molecule has 8 heteroatoms. The van der Waals surface area contributed by atoms with Gasteiger partial charge in [-0.1, -0.05) is 17.7 Å². The van der Waals surface area contributed by atoms with Gasteiger partial charge in [0.1, 0.15) is 49.0 Å². The van der Waals surface area contributed by atoms with Crippen molar-refractivity contribution in [3.8, 4) is 5.75 Å². The molecule has 0 aromatic heterocycles. The summed E-state index contributed by atoms with van der Waals surface area (Å²) < 4.78 is 29.8. The van der Waals surface area contributed by atoms with Crippen LogP contribution in [0.15, 0.2) is 18.2 Å². The molecule has 2 fully saturated rings. The predicted octanol–water partition coefficient (Wildman–Crippen LogP) is 1.78. The number of ether oxygens (including phenoxy) is 3. The van der Waals surface area contributed by atoms with Gasteiger partial charge in [0.2, 0.25) is 0 Å². The summed E-state index contributed by atoms with van der Waals surface area (Å²) in [5.74, 6) is 0.430. The van der Waals surface area contributed by atoms with Crippen LogP contribution in [0.5, 0.6) is 5.75 Å². The fourth-order valence-electron chi connectivity index (χ4n) is 3.54. The molecule has 3 rings (SSSR count). The quantitative estimate of drug-likeness (QED) is 0.710. The second-order valence-corrected chi connectivity index (χ2v) is 7.23. The lowest BCUT2D eigenvalue weighted by Crippen LogP contribution is -2.54. The zero-order valence-corrected chi connectivity index (χ0v) is 15.2. The van der Waals surface area contributed by atoms with Crippen molar-refractivity contribution in [2.45, 2.75) is 62.0 Å². The van der Waals surface area contributed by atoms with Gasteiger partial charge in [-0.05, 0) is 30.5 Å². The van der Waals surface area contributed by atoms with Crippen LogP contribution in [-0.2, 0) is 9.47 Å². The highest BCUT2D eigenvalue weighted by molar-refractivity contribution is 6.32. The van der Waals surface area contributed by atoms with E-state index < -0.39 is 37.2 Å². The Labute approximate surface area is 156 Å². The highest BCUT2D eigenvalue weighted by atomic mass is 35.5. The monoisotopic (exact) mass is 390 g/mol. The Morgan fingerprint density at radius 1 is 1.15 bits per heavy atom. The summed E-state index contributed by atoms with van der Waals surface area (Å²) >= 11 is 6.22. The van der Waals surface area contributed by atoms with E-state index in [1.807, 2.05) is 0 Å². The van der Waals surface area contributed by atoms with E-state index in [-0.39, 0.29) is 12.2 Å². The van der Waals surface area contributed by atoms with Crippen LogP contribution < -0.4 is 4.74 Å². The number of halogens is 2. The Morgan fingerprint density at radius 2 is 1.88 bits per heavy atom. The number of aliphatic hydroxyl groups is 3. The van der Waals surface area contributed by atoms with E-state index >= 15 is 0 Å². The smallest absolute Gasteiger partial charge is 0.138 e. The molecule has 0 amide bonds. The van der Waals surface area contributed by atoms with Crippen molar-refractivity contribution in [3.63, 3.8) is 0 Å². The van der Waals surface area contributed by atoms with Crippen molar-refractivity contribution in [2.24, 2.45) is 0 Å². The molecule has 1 aliphatic heterocycles. The van der Waals surface area contributed by atoms with Crippen LogP contribution in [0.2, 0.25) is 5.02 Å². The molecule has 0 spiro atoms. The summed E-state index contributed by atoms with van der Waals surface area (Å²) in [6.07, 6.45) is -3.96. The molecule has 2 aliphatic rings. The van der Waals surface area contributed by atoms with Gasteiger partial charge in [0.05, 0.1) is 11.1 Å². The zero-order chi connectivity index (χ0) is 18.8. The van der Waals surface area contributed by atoms with Gasteiger partial charge in [0.25, 0.3) is 0 Å². The van der Waals surface area contributed by atoms with E-state index in [4.69, 9.17) is 25.8 Å². The first-order chi connectivity index (χ1) is 12.4. The van der Waals surface area contributed by atoms with Crippen molar-refractivity contribution in [3.05, 3.63) is 28.8 Å². The SMILES string of the molecule is COC1CCC(Oc2cc([C@@H]3O[C@H](CF)[C@@H](O)[C@H](O)[C@H]3O)ccc2Cl)C1. The molecule has 1 heterocycles. The van der Waals surface area contributed by atoms with Crippen molar-refractivity contribution >= 4 is 11.6 Å². The van der Waals surface area contributed by atoms with Crippen LogP contribution in [-0.4, -0.2) is 65.7 Å². The third kappa shape index (κ3) is 3.98. The van der Waals surface area contributed by atoms with Gasteiger partial charge < -0.3 is 29.5 Å². The molecule has 7 atom stereocenters. The molecular weight excluding hydrogens is 367 g/mol. The lowest BCUT2D eigenvalue weighted by atomic mass is 9.91. The Morgan fingerprint density at radius 3 is 2.54 bits per heavy atom. The zero-order valence-electron chi connectivity index (χ0n) is 14.4. The van der Waals surface area contributed by atoms with E-state index in [0.717, 1.165) is 19.3 Å². The van der Waals surface area contributed by atoms with Gasteiger partial charge in [0, 0.05) is 13.5 Å². The van der Waals surface area contributed by atoms with Gasteiger partial charge in [-0.2, -0.15) is 0 Å². The molecule has 3 N–H and O–H groups in total. The molecule has 146 valence electrons. The number of methoxy groups -OCH3 is 1. The first-order valence-corrected chi connectivity index (χ1v) is 9.07. The number of hydrogen-bond donors (Lipinski definition) is 3. The minimum atomic E-state index is -1.51. The van der Waals surface area contributed by atoms with Crippen LogP contribution >= 0.6 is 11.6 Å². The summed E-state index contributed by atoms with van der Waals surface area (Å²) in [5.41, 5.74) is 0.489.